The lowest BCUT2D eigenvalue weighted by molar-refractivity contribution is 0.223. The Morgan fingerprint density at radius 3 is 2.53 bits per heavy atom. The minimum atomic E-state index is 0.296. The normalized spacial score (nSPS) is 11.5. The van der Waals surface area contributed by atoms with E-state index in [2.05, 4.69) is 26.1 Å². The van der Waals surface area contributed by atoms with E-state index in [1.54, 1.807) is 0 Å². The fourth-order valence-corrected chi connectivity index (χ4v) is 1.65. The van der Waals surface area contributed by atoms with E-state index in [1.807, 2.05) is 30.3 Å². The van der Waals surface area contributed by atoms with Gasteiger partial charge in [0, 0.05) is 6.54 Å². The Morgan fingerprint density at radius 2 is 1.88 bits per heavy atom. The molecule has 2 nitrogen and oxygen atoms in total. The van der Waals surface area contributed by atoms with Crippen molar-refractivity contribution in [3.05, 3.63) is 30.3 Å². The van der Waals surface area contributed by atoms with Crippen LogP contribution in [0.15, 0.2) is 30.3 Å². The Bertz CT molecular complexity index is 295. The molecule has 2 heteroatoms. The van der Waals surface area contributed by atoms with Crippen molar-refractivity contribution >= 4 is 0 Å². The van der Waals surface area contributed by atoms with Crippen molar-refractivity contribution < 1.29 is 4.74 Å². The third-order valence-electron chi connectivity index (χ3n) is 2.82. The molecule has 0 bridgehead atoms. The minimum absolute atomic E-state index is 0.296. The molecule has 1 N–H and O–H groups in total. The van der Waals surface area contributed by atoms with Crippen LogP contribution in [-0.2, 0) is 0 Å². The zero-order valence-corrected chi connectivity index (χ0v) is 11.3. The summed E-state index contributed by atoms with van der Waals surface area (Å²) in [5.41, 5.74) is 0.296. The van der Waals surface area contributed by atoms with Crippen molar-refractivity contribution in [2.45, 2.75) is 33.6 Å². The van der Waals surface area contributed by atoms with E-state index in [1.165, 1.54) is 6.42 Å². The first kappa shape index (κ1) is 14.0. The van der Waals surface area contributed by atoms with Crippen LogP contribution in [0.3, 0.4) is 0 Å². The van der Waals surface area contributed by atoms with Gasteiger partial charge >= 0.3 is 0 Å². The molecule has 0 amide bonds. The number of rotatable bonds is 8. The average molecular weight is 235 g/mol. The van der Waals surface area contributed by atoms with Crippen LogP contribution in [0.5, 0.6) is 5.75 Å². The summed E-state index contributed by atoms with van der Waals surface area (Å²) in [6.07, 6.45) is 2.26. The predicted molar refractivity (Wildman–Crippen MR) is 73.5 cm³/mol. The molecule has 0 heterocycles. The molecule has 0 spiro atoms. The summed E-state index contributed by atoms with van der Waals surface area (Å²) in [6, 6.07) is 10.0. The van der Waals surface area contributed by atoms with Gasteiger partial charge in [0.2, 0.25) is 0 Å². The number of hydrogen-bond acceptors (Lipinski definition) is 2. The number of benzene rings is 1. The van der Waals surface area contributed by atoms with Gasteiger partial charge in [-0.3, -0.25) is 0 Å². The molecule has 96 valence electrons. The monoisotopic (exact) mass is 235 g/mol. The molecule has 0 saturated carbocycles. The van der Waals surface area contributed by atoms with Gasteiger partial charge in [-0.2, -0.15) is 0 Å². The van der Waals surface area contributed by atoms with Gasteiger partial charge in [0.1, 0.15) is 5.75 Å². The molecule has 0 fully saturated rings. The van der Waals surface area contributed by atoms with Crippen LogP contribution in [-0.4, -0.2) is 19.7 Å². The molecule has 17 heavy (non-hydrogen) atoms. The summed E-state index contributed by atoms with van der Waals surface area (Å²) >= 11 is 0. The Hall–Kier alpha value is -1.02. The topological polar surface area (TPSA) is 21.3 Å². The predicted octanol–water partition coefficient (Wildman–Crippen LogP) is 3.48. The molecule has 0 atom stereocenters. The molecule has 1 aromatic rings. The molecule has 0 aliphatic heterocycles. The van der Waals surface area contributed by atoms with Crippen molar-refractivity contribution in [1.29, 1.82) is 0 Å². The highest BCUT2D eigenvalue weighted by molar-refractivity contribution is 5.20. The van der Waals surface area contributed by atoms with Gasteiger partial charge in [-0.15, -0.1) is 0 Å². The summed E-state index contributed by atoms with van der Waals surface area (Å²) in [7, 11) is 0. The number of nitrogens with one attached hydrogen (secondary N) is 1. The van der Waals surface area contributed by atoms with Crippen LogP contribution in [0.4, 0.5) is 0 Å². The van der Waals surface area contributed by atoms with Gasteiger partial charge in [0.15, 0.2) is 0 Å². The van der Waals surface area contributed by atoms with Gasteiger partial charge < -0.3 is 10.1 Å². The third-order valence-corrected chi connectivity index (χ3v) is 2.82. The second-order valence-corrected chi connectivity index (χ2v) is 5.25. The molecule has 0 unspecified atom stereocenters. The summed E-state index contributed by atoms with van der Waals surface area (Å²) < 4.78 is 5.72. The van der Waals surface area contributed by atoms with E-state index < -0.39 is 0 Å². The number of hydrogen-bond donors (Lipinski definition) is 1. The summed E-state index contributed by atoms with van der Waals surface area (Å²) in [5.74, 6) is 0.963. The van der Waals surface area contributed by atoms with Gasteiger partial charge in [-0.25, -0.2) is 0 Å². The highest BCUT2D eigenvalue weighted by Gasteiger charge is 2.16. The van der Waals surface area contributed by atoms with E-state index in [4.69, 9.17) is 4.74 Å². The van der Waals surface area contributed by atoms with E-state index in [0.717, 1.165) is 31.9 Å². The van der Waals surface area contributed by atoms with Crippen molar-refractivity contribution in [2.75, 3.05) is 19.7 Å². The van der Waals surface area contributed by atoms with Crippen molar-refractivity contribution in [3.8, 4) is 5.75 Å². The summed E-state index contributed by atoms with van der Waals surface area (Å²) in [4.78, 5) is 0. The zero-order chi connectivity index (χ0) is 12.6. The summed E-state index contributed by atoms with van der Waals surface area (Å²) in [6.45, 7) is 9.69. The van der Waals surface area contributed by atoms with Crippen LogP contribution in [0, 0.1) is 5.41 Å². The first-order chi connectivity index (χ1) is 8.14. The number of para-hydroxylation sites is 1. The molecule has 1 rings (SSSR count). The van der Waals surface area contributed by atoms with Crippen molar-refractivity contribution in [2.24, 2.45) is 5.41 Å². The van der Waals surface area contributed by atoms with Gasteiger partial charge in [-0.05, 0) is 36.9 Å². The lowest BCUT2D eigenvalue weighted by Gasteiger charge is -2.25. The van der Waals surface area contributed by atoms with Crippen LogP contribution < -0.4 is 10.1 Å². The van der Waals surface area contributed by atoms with Crippen LogP contribution in [0.1, 0.15) is 33.6 Å². The lowest BCUT2D eigenvalue weighted by Crippen LogP contribution is -2.31. The van der Waals surface area contributed by atoms with E-state index in [9.17, 15) is 0 Å². The quantitative estimate of drug-likeness (QED) is 0.696. The Kier molecular flexibility index (Phi) is 6.06. The van der Waals surface area contributed by atoms with E-state index >= 15 is 0 Å². The maximum atomic E-state index is 5.72. The molecule has 0 aliphatic carbocycles. The summed E-state index contributed by atoms with van der Waals surface area (Å²) in [5, 5.41) is 3.47. The smallest absolute Gasteiger partial charge is 0.119 e. The first-order valence-corrected chi connectivity index (χ1v) is 6.52. The van der Waals surface area contributed by atoms with Crippen molar-refractivity contribution in [3.63, 3.8) is 0 Å². The van der Waals surface area contributed by atoms with Crippen LogP contribution >= 0.6 is 0 Å². The van der Waals surface area contributed by atoms with Gasteiger partial charge in [-0.1, -0.05) is 39.0 Å². The maximum Gasteiger partial charge on any atom is 0.119 e. The standard InChI is InChI=1S/C15H25NO/c1-4-11-16-13-15(2,3)10-12-17-14-8-6-5-7-9-14/h5-9,16H,4,10-13H2,1-3H3. The largest absolute Gasteiger partial charge is 0.494 e. The molecule has 1 aromatic carbocycles. The molecule has 0 radical (unpaired) electrons. The SMILES string of the molecule is CCCNCC(C)(C)CCOc1ccccc1. The molecule has 0 aliphatic rings. The Morgan fingerprint density at radius 1 is 1.18 bits per heavy atom. The van der Waals surface area contributed by atoms with Gasteiger partial charge in [0.25, 0.3) is 0 Å². The van der Waals surface area contributed by atoms with Crippen LogP contribution in [0.2, 0.25) is 0 Å². The fraction of sp³-hybridized carbons (Fsp3) is 0.600. The highest BCUT2D eigenvalue weighted by Crippen LogP contribution is 2.20. The van der Waals surface area contributed by atoms with Crippen molar-refractivity contribution in [1.82, 2.24) is 5.32 Å². The van der Waals surface area contributed by atoms with E-state index in [-0.39, 0.29) is 0 Å². The minimum Gasteiger partial charge on any atom is -0.494 e. The second-order valence-electron chi connectivity index (χ2n) is 5.25. The maximum absolute atomic E-state index is 5.72. The molecular weight excluding hydrogens is 210 g/mol. The lowest BCUT2D eigenvalue weighted by atomic mass is 9.90. The van der Waals surface area contributed by atoms with E-state index in [0.29, 0.717) is 5.41 Å². The molecular formula is C15H25NO. The number of ether oxygens (including phenoxy) is 1. The fourth-order valence-electron chi connectivity index (χ4n) is 1.65. The third kappa shape index (κ3) is 6.32. The molecule has 0 saturated heterocycles. The average Bonchev–Trinajstić information content (AvgIpc) is 2.30. The highest BCUT2D eigenvalue weighted by atomic mass is 16.5. The Balaban J connectivity index is 2.20. The van der Waals surface area contributed by atoms with Gasteiger partial charge in [0.05, 0.1) is 6.61 Å². The first-order valence-electron chi connectivity index (χ1n) is 6.52. The van der Waals surface area contributed by atoms with Crippen LogP contribution in [0.25, 0.3) is 0 Å². The second kappa shape index (κ2) is 7.33. The molecule has 0 aromatic heterocycles. The Labute approximate surface area is 105 Å². The zero-order valence-electron chi connectivity index (χ0n) is 11.3.